The van der Waals surface area contributed by atoms with E-state index in [0.717, 1.165) is 39.1 Å². The Labute approximate surface area is 79.8 Å². The molecule has 0 radical (unpaired) electrons. The summed E-state index contributed by atoms with van der Waals surface area (Å²) in [6, 6.07) is 0. The largest absolute Gasteiger partial charge is 0.379 e. The van der Waals surface area contributed by atoms with Crippen LogP contribution < -0.4 is 5.32 Å². The van der Waals surface area contributed by atoms with Crippen molar-refractivity contribution < 1.29 is 9.47 Å². The highest BCUT2D eigenvalue weighted by molar-refractivity contribution is 4.71. The quantitative estimate of drug-likeness (QED) is 0.694. The Hall–Kier alpha value is -0.120. The van der Waals surface area contributed by atoms with Gasteiger partial charge < -0.3 is 14.8 Å². The van der Waals surface area contributed by atoms with Crippen LogP contribution in [0.4, 0.5) is 0 Å². The van der Waals surface area contributed by atoms with Crippen LogP contribution in [0.15, 0.2) is 0 Å². The molecular formula is C10H19NO2. The van der Waals surface area contributed by atoms with Crippen LogP contribution in [0.1, 0.15) is 25.7 Å². The first-order valence-corrected chi connectivity index (χ1v) is 5.39. The van der Waals surface area contributed by atoms with Crippen LogP contribution in [0.3, 0.4) is 0 Å². The van der Waals surface area contributed by atoms with Crippen molar-refractivity contribution in [1.29, 1.82) is 0 Å². The van der Waals surface area contributed by atoms with Crippen molar-refractivity contribution in [3.63, 3.8) is 0 Å². The minimum atomic E-state index is 0.378. The molecule has 2 heterocycles. The van der Waals surface area contributed by atoms with Gasteiger partial charge in [0.2, 0.25) is 0 Å². The molecule has 2 rings (SSSR count). The third kappa shape index (κ3) is 2.93. The first kappa shape index (κ1) is 9.44. The molecule has 76 valence electrons. The van der Waals surface area contributed by atoms with E-state index in [4.69, 9.17) is 9.47 Å². The number of ether oxygens (including phenoxy) is 2. The van der Waals surface area contributed by atoms with Gasteiger partial charge in [-0.3, -0.25) is 0 Å². The zero-order valence-electron chi connectivity index (χ0n) is 8.13. The van der Waals surface area contributed by atoms with Crippen LogP contribution in [-0.2, 0) is 9.47 Å². The molecule has 2 aliphatic rings. The van der Waals surface area contributed by atoms with Gasteiger partial charge in [0, 0.05) is 6.61 Å². The Morgan fingerprint density at radius 3 is 2.92 bits per heavy atom. The van der Waals surface area contributed by atoms with Gasteiger partial charge in [-0.25, -0.2) is 0 Å². The van der Waals surface area contributed by atoms with Crippen molar-refractivity contribution >= 4 is 0 Å². The minimum absolute atomic E-state index is 0.378. The standard InChI is InChI=1S/C10H19NO2/c1-2-9(3-6-11-5-1)13-10-4-7-12-8-10/h9-11H,1-8H2. The Morgan fingerprint density at radius 1 is 1.08 bits per heavy atom. The molecule has 2 unspecified atom stereocenters. The molecule has 3 nitrogen and oxygen atoms in total. The molecule has 0 saturated carbocycles. The second-order valence-electron chi connectivity index (χ2n) is 3.92. The summed E-state index contributed by atoms with van der Waals surface area (Å²) in [5.41, 5.74) is 0. The zero-order chi connectivity index (χ0) is 8.93. The summed E-state index contributed by atoms with van der Waals surface area (Å²) in [6.45, 7) is 3.96. The average Bonchev–Trinajstić information content (AvgIpc) is 2.49. The predicted molar refractivity (Wildman–Crippen MR) is 50.8 cm³/mol. The molecule has 1 N–H and O–H groups in total. The lowest BCUT2D eigenvalue weighted by Crippen LogP contribution is -2.23. The fourth-order valence-electron chi connectivity index (χ4n) is 2.02. The second kappa shape index (κ2) is 4.94. The average molecular weight is 185 g/mol. The van der Waals surface area contributed by atoms with E-state index in [1.54, 1.807) is 0 Å². The lowest BCUT2D eigenvalue weighted by Gasteiger charge is -2.19. The number of hydrogen-bond acceptors (Lipinski definition) is 3. The van der Waals surface area contributed by atoms with Gasteiger partial charge in [-0.2, -0.15) is 0 Å². The van der Waals surface area contributed by atoms with E-state index in [2.05, 4.69) is 5.32 Å². The van der Waals surface area contributed by atoms with Crippen molar-refractivity contribution in [2.45, 2.75) is 37.9 Å². The Kier molecular flexibility index (Phi) is 3.58. The fourth-order valence-corrected chi connectivity index (χ4v) is 2.02. The lowest BCUT2D eigenvalue weighted by molar-refractivity contribution is -0.0206. The van der Waals surface area contributed by atoms with Gasteiger partial charge in [0.1, 0.15) is 0 Å². The van der Waals surface area contributed by atoms with E-state index in [1.807, 2.05) is 0 Å². The van der Waals surface area contributed by atoms with Crippen LogP contribution in [0, 0.1) is 0 Å². The number of rotatable bonds is 2. The van der Waals surface area contributed by atoms with Gasteiger partial charge in [-0.1, -0.05) is 0 Å². The molecule has 0 aromatic heterocycles. The minimum Gasteiger partial charge on any atom is -0.379 e. The van der Waals surface area contributed by atoms with Crippen LogP contribution in [0.5, 0.6) is 0 Å². The molecular weight excluding hydrogens is 166 g/mol. The van der Waals surface area contributed by atoms with Crippen molar-refractivity contribution in [2.75, 3.05) is 26.3 Å². The van der Waals surface area contributed by atoms with Gasteiger partial charge >= 0.3 is 0 Å². The van der Waals surface area contributed by atoms with E-state index in [0.29, 0.717) is 12.2 Å². The molecule has 0 aliphatic carbocycles. The third-order valence-corrected chi connectivity index (χ3v) is 2.80. The SMILES string of the molecule is C1CNCCC(OC2CCOC2)C1. The van der Waals surface area contributed by atoms with Crippen molar-refractivity contribution in [1.82, 2.24) is 5.32 Å². The molecule has 0 bridgehead atoms. The van der Waals surface area contributed by atoms with Gasteiger partial charge in [0.25, 0.3) is 0 Å². The van der Waals surface area contributed by atoms with E-state index in [1.165, 1.54) is 12.8 Å². The lowest BCUT2D eigenvalue weighted by atomic mass is 10.1. The summed E-state index contributed by atoms with van der Waals surface area (Å²) in [5, 5.41) is 3.39. The third-order valence-electron chi connectivity index (χ3n) is 2.80. The molecule has 3 heteroatoms. The van der Waals surface area contributed by atoms with Crippen molar-refractivity contribution in [3.8, 4) is 0 Å². The Morgan fingerprint density at radius 2 is 2.08 bits per heavy atom. The molecule has 2 atom stereocenters. The van der Waals surface area contributed by atoms with Crippen LogP contribution in [-0.4, -0.2) is 38.5 Å². The van der Waals surface area contributed by atoms with Crippen molar-refractivity contribution in [2.24, 2.45) is 0 Å². The van der Waals surface area contributed by atoms with E-state index in [-0.39, 0.29) is 0 Å². The summed E-state index contributed by atoms with van der Waals surface area (Å²) in [6.07, 6.45) is 5.56. The summed E-state index contributed by atoms with van der Waals surface area (Å²) in [7, 11) is 0. The topological polar surface area (TPSA) is 30.5 Å². The van der Waals surface area contributed by atoms with Crippen molar-refractivity contribution in [3.05, 3.63) is 0 Å². The molecule has 0 aromatic carbocycles. The molecule has 2 aliphatic heterocycles. The normalized spacial score (nSPS) is 36.0. The van der Waals surface area contributed by atoms with Gasteiger partial charge in [0.15, 0.2) is 0 Å². The summed E-state index contributed by atoms with van der Waals surface area (Å²) in [4.78, 5) is 0. The highest BCUT2D eigenvalue weighted by Crippen LogP contribution is 2.16. The van der Waals surface area contributed by atoms with E-state index < -0.39 is 0 Å². The Bertz CT molecular complexity index is 138. The number of hydrogen-bond donors (Lipinski definition) is 1. The highest BCUT2D eigenvalue weighted by Gasteiger charge is 2.21. The molecule has 13 heavy (non-hydrogen) atoms. The zero-order valence-corrected chi connectivity index (χ0v) is 8.13. The maximum absolute atomic E-state index is 5.97. The van der Waals surface area contributed by atoms with Crippen LogP contribution in [0.25, 0.3) is 0 Å². The first-order valence-electron chi connectivity index (χ1n) is 5.39. The predicted octanol–water partition coefficient (Wildman–Crippen LogP) is 0.934. The highest BCUT2D eigenvalue weighted by atomic mass is 16.5. The maximum atomic E-state index is 5.97. The number of nitrogens with one attached hydrogen (secondary N) is 1. The monoisotopic (exact) mass is 185 g/mol. The van der Waals surface area contributed by atoms with Crippen LogP contribution >= 0.6 is 0 Å². The van der Waals surface area contributed by atoms with Gasteiger partial charge in [-0.15, -0.1) is 0 Å². The molecule has 0 amide bonds. The maximum Gasteiger partial charge on any atom is 0.0834 e. The summed E-state index contributed by atoms with van der Waals surface area (Å²) in [5.74, 6) is 0. The fraction of sp³-hybridized carbons (Fsp3) is 1.00. The molecule has 2 fully saturated rings. The van der Waals surface area contributed by atoms with E-state index >= 15 is 0 Å². The van der Waals surface area contributed by atoms with Gasteiger partial charge in [0.05, 0.1) is 18.8 Å². The summed E-state index contributed by atoms with van der Waals surface area (Å²) >= 11 is 0. The first-order chi connectivity index (χ1) is 6.45. The smallest absolute Gasteiger partial charge is 0.0834 e. The van der Waals surface area contributed by atoms with Gasteiger partial charge in [-0.05, 0) is 38.8 Å². The molecule has 2 saturated heterocycles. The van der Waals surface area contributed by atoms with E-state index in [9.17, 15) is 0 Å². The molecule has 0 aromatic rings. The second-order valence-corrected chi connectivity index (χ2v) is 3.92. The Balaban J connectivity index is 1.71. The van der Waals surface area contributed by atoms with Crippen LogP contribution in [0.2, 0.25) is 0 Å². The molecule has 0 spiro atoms. The summed E-state index contributed by atoms with van der Waals surface area (Å²) < 4.78 is 11.3.